The minimum atomic E-state index is -0.752. The third-order valence-corrected chi connectivity index (χ3v) is 2.89. The summed E-state index contributed by atoms with van der Waals surface area (Å²) >= 11 is 5.59. The Labute approximate surface area is 142 Å². The first kappa shape index (κ1) is 17.4. The first-order chi connectivity index (χ1) is 11.5. The molecule has 0 aliphatic heterocycles. The predicted molar refractivity (Wildman–Crippen MR) is 83.7 cm³/mol. The van der Waals surface area contributed by atoms with Gasteiger partial charge in [0.15, 0.2) is 0 Å². The van der Waals surface area contributed by atoms with Gasteiger partial charge in [0.2, 0.25) is 11.1 Å². The lowest BCUT2D eigenvalue weighted by Crippen LogP contribution is -2.05. The molecule has 0 radical (unpaired) electrons. The molecule has 0 bridgehead atoms. The number of hydrogen-bond donors (Lipinski definition) is 0. The number of ether oxygens (including phenoxy) is 2. The minimum Gasteiger partial charge on any atom is -0.462 e. The van der Waals surface area contributed by atoms with E-state index in [1.165, 1.54) is 18.2 Å². The van der Waals surface area contributed by atoms with Crippen LogP contribution in [0.4, 0.5) is 4.39 Å². The van der Waals surface area contributed by atoms with Crippen LogP contribution in [-0.4, -0.2) is 22.5 Å². The van der Waals surface area contributed by atoms with Gasteiger partial charge >= 0.3 is 5.97 Å². The van der Waals surface area contributed by atoms with Gasteiger partial charge in [-0.05, 0) is 42.3 Å². The van der Waals surface area contributed by atoms with E-state index in [0.717, 1.165) is 6.20 Å². The predicted octanol–water partition coefficient (Wildman–Crippen LogP) is 3.53. The van der Waals surface area contributed by atoms with E-state index in [1.54, 1.807) is 25.1 Å². The highest BCUT2D eigenvalue weighted by molar-refractivity contribution is 6.28. The quantitative estimate of drug-likeness (QED) is 0.356. The largest absolute Gasteiger partial charge is 0.462 e. The van der Waals surface area contributed by atoms with Crippen LogP contribution >= 0.6 is 11.6 Å². The molecule has 1 aromatic carbocycles. The molecule has 0 aliphatic carbocycles. The van der Waals surface area contributed by atoms with E-state index in [0.29, 0.717) is 11.3 Å². The summed E-state index contributed by atoms with van der Waals surface area (Å²) < 4.78 is 23.6. The molecular weight excluding hydrogens is 337 g/mol. The fourth-order valence-corrected chi connectivity index (χ4v) is 1.78. The van der Waals surface area contributed by atoms with Crippen molar-refractivity contribution in [3.05, 3.63) is 52.7 Å². The number of carbonyl (C=O) groups excluding carboxylic acids is 1. The van der Waals surface area contributed by atoms with E-state index in [2.05, 4.69) is 9.97 Å². The van der Waals surface area contributed by atoms with Crippen LogP contribution in [0.25, 0.3) is 6.08 Å². The molecule has 0 amide bonds. The van der Waals surface area contributed by atoms with Gasteiger partial charge in [-0.25, -0.2) is 9.78 Å². The summed E-state index contributed by atoms with van der Waals surface area (Å²) in [5.74, 6) is -1.45. The average molecular weight is 348 g/mol. The van der Waals surface area contributed by atoms with Crippen LogP contribution in [0.3, 0.4) is 0 Å². The van der Waals surface area contributed by atoms with Crippen molar-refractivity contribution in [3.63, 3.8) is 0 Å². The Morgan fingerprint density at radius 2 is 2.12 bits per heavy atom. The number of benzene rings is 1. The van der Waals surface area contributed by atoms with Gasteiger partial charge in [0.25, 0.3) is 5.88 Å². The summed E-state index contributed by atoms with van der Waals surface area (Å²) in [6.07, 6.45) is 2.28. The van der Waals surface area contributed by atoms with E-state index in [1.807, 2.05) is 0 Å². The summed E-state index contributed by atoms with van der Waals surface area (Å²) in [4.78, 5) is 18.7. The molecule has 122 valence electrons. The number of nitrogens with zero attached hydrogens (tertiary/aromatic N) is 3. The topological polar surface area (TPSA) is 85.1 Å². The normalized spacial score (nSPS) is 10.8. The lowest BCUT2D eigenvalue weighted by Gasteiger charge is -2.06. The van der Waals surface area contributed by atoms with Crippen LogP contribution in [0.2, 0.25) is 5.28 Å². The van der Waals surface area contributed by atoms with E-state index in [9.17, 15) is 9.18 Å². The smallest absolute Gasteiger partial charge is 0.348 e. The molecule has 0 unspecified atom stereocenters. The van der Waals surface area contributed by atoms with Gasteiger partial charge in [-0.1, -0.05) is 12.1 Å². The zero-order chi connectivity index (χ0) is 17.5. The molecule has 0 fully saturated rings. The van der Waals surface area contributed by atoms with Crippen LogP contribution < -0.4 is 4.74 Å². The van der Waals surface area contributed by atoms with E-state index < -0.39 is 11.8 Å². The van der Waals surface area contributed by atoms with Crippen molar-refractivity contribution >= 4 is 23.6 Å². The van der Waals surface area contributed by atoms with Crippen molar-refractivity contribution in [2.45, 2.75) is 6.92 Å². The first-order valence-corrected chi connectivity index (χ1v) is 7.16. The molecule has 0 saturated heterocycles. The summed E-state index contributed by atoms with van der Waals surface area (Å²) in [7, 11) is 0. The van der Waals surface area contributed by atoms with Crippen LogP contribution in [0.15, 0.2) is 36.0 Å². The summed E-state index contributed by atoms with van der Waals surface area (Å²) in [6.45, 7) is 1.83. The molecule has 2 rings (SSSR count). The second kappa shape index (κ2) is 8.04. The lowest BCUT2D eigenvalue weighted by atomic mass is 10.1. The molecule has 2 aromatic rings. The standard InChI is InChI=1S/C16H11ClFN3O3/c1-2-23-15(22)11(8-19)7-10-3-5-12(6-4-10)24-14-13(18)9-20-16(17)21-14/h3-7,9H,2H2,1H3/b11-7+. The third-order valence-electron chi connectivity index (χ3n) is 2.70. The molecule has 0 saturated carbocycles. The van der Waals surface area contributed by atoms with E-state index >= 15 is 0 Å². The number of hydrogen-bond acceptors (Lipinski definition) is 6. The van der Waals surface area contributed by atoms with Gasteiger partial charge in [-0.2, -0.15) is 14.6 Å². The highest BCUT2D eigenvalue weighted by Gasteiger charge is 2.11. The van der Waals surface area contributed by atoms with Crippen molar-refractivity contribution in [2.75, 3.05) is 6.61 Å². The average Bonchev–Trinajstić information content (AvgIpc) is 2.57. The van der Waals surface area contributed by atoms with Crippen LogP contribution in [0, 0.1) is 17.1 Å². The van der Waals surface area contributed by atoms with Gasteiger partial charge in [-0.15, -0.1) is 0 Å². The Morgan fingerprint density at radius 3 is 2.75 bits per heavy atom. The molecule has 0 atom stereocenters. The number of rotatable bonds is 5. The molecule has 6 nitrogen and oxygen atoms in total. The molecule has 8 heteroatoms. The molecule has 1 aromatic heterocycles. The Morgan fingerprint density at radius 1 is 1.42 bits per heavy atom. The molecule has 24 heavy (non-hydrogen) atoms. The molecule has 0 aliphatic rings. The van der Waals surface area contributed by atoms with Crippen molar-refractivity contribution in [3.8, 4) is 17.7 Å². The van der Waals surface area contributed by atoms with E-state index in [-0.39, 0.29) is 23.3 Å². The number of esters is 1. The molecule has 0 spiro atoms. The maximum Gasteiger partial charge on any atom is 0.348 e. The second-order valence-corrected chi connectivity index (χ2v) is 4.69. The van der Waals surface area contributed by atoms with Gasteiger partial charge in [0, 0.05) is 0 Å². The van der Waals surface area contributed by atoms with Crippen molar-refractivity contribution in [1.29, 1.82) is 5.26 Å². The zero-order valence-electron chi connectivity index (χ0n) is 12.5. The van der Waals surface area contributed by atoms with E-state index in [4.69, 9.17) is 26.3 Å². The Hall–Kier alpha value is -2.98. The van der Waals surface area contributed by atoms with Gasteiger partial charge in [0.05, 0.1) is 12.8 Å². The highest BCUT2D eigenvalue weighted by atomic mass is 35.5. The lowest BCUT2D eigenvalue weighted by molar-refractivity contribution is -0.137. The Balaban J connectivity index is 2.17. The van der Waals surface area contributed by atoms with Crippen LogP contribution in [0.5, 0.6) is 11.6 Å². The number of carbonyl (C=O) groups is 1. The molecular formula is C16H11ClFN3O3. The van der Waals surface area contributed by atoms with Crippen molar-refractivity contribution in [2.24, 2.45) is 0 Å². The van der Waals surface area contributed by atoms with Crippen LogP contribution in [0.1, 0.15) is 12.5 Å². The first-order valence-electron chi connectivity index (χ1n) is 6.78. The molecule has 1 heterocycles. The monoisotopic (exact) mass is 347 g/mol. The Kier molecular flexibility index (Phi) is 5.82. The maximum absolute atomic E-state index is 13.5. The summed E-state index contributed by atoms with van der Waals surface area (Å²) in [6, 6.07) is 8.02. The summed E-state index contributed by atoms with van der Waals surface area (Å²) in [5, 5.41) is 8.84. The third kappa shape index (κ3) is 4.51. The summed E-state index contributed by atoms with van der Waals surface area (Å²) in [5.41, 5.74) is 0.451. The number of nitriles is 1. The zero-order valence-corrected chi connectivity index (χ0v) is 13.2. The number of halogens is 2. The number of aromatic nitrogens is 2. The molecule has 0 N–H and O–H groups in total. The fraction of sp³-hybridized carbons (Fsp3) is 0.125. The van der Waals surface area contributed by atoms with Crippen molar-refractivity contribution in [1.82, 2.24) is 9.97 Å². The SMILES string of the molecule is CCOC(=O)/C(C#N)=C/c1ccc(Oc2nc(Cl)ncc2F)cc1. The maximum atomic E-state index is 13.5. The van der Waals surface area contributed by atoms with Crippen LogP contribution in [-0.2, 0) is 9.53 Å². The Bertz CT molecular complexity index is 816. The second-order valence-electron chi connectivity index (χ2n) is 4.35. The minimum absolute atomic E-state index is 0.126. The van der Waals surface area contributed by atoms with Gasteiger partial charge < -0.3 is 9.47 Å². The fourth-order valence-electron chi connectivity index (χ4n) is 1.66. The highest BCUT2D eigenvalue weighted by Crippen LogP contribution is 2.23. The van der Waals surface area contributed by atoms with Gasteiger partial charge in [-0.3, -0.25) is 0 Å². The van der Waals surface area contributed by atoms with Crippen molar-refractivity contribution < 1.29 is 18.7 Å². The van der Waals surface area contributed by atoms with Gasteiger partial charge in [0.1, 0.15) is 17.4 Å².